The number of methoxy groups -OCH3 is 1. The zero-order valence-corrected chi connectivity index (χ0v) is 11.9. The molecule has 0 aliphatic rings. The van der Waals surface area contributed by atoms with Crippen molar-refractivity contribution in [3.05, 3.63) is 0 Å². The largest absolute Gasteiger partial charge is 0.382 e. The molecule has 0 saturated carbocycles. The van der Waals surface area contributed by atoms with E-state index in [9.17, 15) is 4.21 Å². The van der Waals surface area contributed by atoms with Crippen LogP contribution < -0.4 is 5.32 Å². The van der Waals surface area contributed by atoms with Crippen molar-refractivity contribution in [1.82, 2.24) is 5.32 Å². The van der Waals surface area contributed by atoms with E-state index in [1.807, 2.05) is 6.92 Å². The Balaban J connectivity index is 3.06. The summed E-state index contributed by atoms with van der Waals surface area (Å²) in [6, 6.07) is 0. The van der Waals surface area contributed by atoms with Crippen LogP contribution in [0.15, 0.2) is 0 Å². The van der Waals surface area contributed by atoms with Crippen LogP contribution in [0.1, 0.15) is 6.92 Å². The summed E-state index contributed by atoms with van der Waals surface area (Å²) in [5.74, 6) is 0. The molecule has 0 heterocycles. The lowest BCUT2D eigenvalue weighted by Crippen LogP contribution is -2.30. The maximum atomic E-state index is 11.0. The van der Waals surface area contributed by atoms with Gasteiger partial charge in [-0.1, -0.05) is 0 Å². The lowest BCUT2D eigenvalue weighted by molar-refractivity contribution is 0.0256. The number of hydrogen-bond donors (Lipinski definition) is 1. The molecule has 0 aromatic carbocycles. The van der Waals surface area contributed by atoms with Crippen LogP contribution in [0.2, 0.25) is 0 Å². The zero-order chi connectivity index (χ0) is 12.9. The van der Waals surface area contributed by atoms with Gasteiger partial charge in [-0.05, 0) is 6.92 Å². The Bertz CT molecular complexity index is 192. The third kappa shape index (κ3) is 12.2. The number of hydrogen-bond acceptors (Lipinski definition) is 5. The molecule has 0 aliphatic carbocycles. The maximum absolute atomic E-state index is 11.0. The minimum atomic E-state index is -0.759. The SMILES string of the molecule is COCCOCCOCCNCC(C)S(C)=O. The van der Waals surface area contributed by atoms with Gasteiger partial charge in [0.15, 0.2) is 0 Å². The number of nitrogens with one attached hydrogen (secondary N) is 1. The van der Waals surface area contributed by atoms with Crippen molar-refractivity contribution in [3.8, 4) is 0 Å². The third-order valence-electron chi connectivity index (χ3n) is 2.23. The van der Waals surface area contributed by atoms with Crippen LogP contribution in [0.4, 0.5) is 0 Å². The van der Waals surface area contributed by atoms with Gasteiger partial charge < -0.3 is 19.5 Å². The van der Waals surface area contributed by atoms with Crippen molar-refractivity contribution in [2.24, 2.45) is 0 Å². The standard InChI is InChI=1S/C11H25NO4S/c1-11(17(3)13)10-12-4-5-15-8-9-16-7-6-14-2/h11-12H,4-10H2,1-3H3. The van der Waals surface area contributed by atoms with Gasteiger partial charge in [0.05, 0.1) is 33.0 Å². The monoisotopic (exact) mass is 267 g/mol. The molecule has 5 nitrogen and oxygen atoms in total. The number of rotatable bonds is 12. The second-order valence-corrected chi connectivity index (χ2v) is 5.53. The highest BCUT2D eigenvalue weighted by Crippen LogP contribution is 1.89. The van der Waals surface area contributed by atoms with E-state index >= 15 is 0 Å². The predicted molar refractivity (Wildman–Crippen MR) is 69.9 cm³/mol. The van der Waals surface area contributed by atoms with Crippen molar-refractivity contribution in [3.63, 3.8) is 0 Å². The molecule has 2 unspecified atom stereocenters. The lowest BCUT2D eigenvalue weighted by atomic mass is 10.4. The van der Waals surface area contributed by atoms with Gasteiger partial charge in [-0.25, -0.2) is 0 Å². The summed E-state index contributed by atoms with van der Waals surface area (Å²) < 4.78 is 26.5. The van der Waals surface area contributed by atoms with Crippen LogP contribution in [-0.2, 0) is 25.0 Å². The minimum Gasteiger partial charge on any atom is -0.382 e. The Labute approximate surface area is 107 Å². The molecule has 0 bridgehead atoms. The van der Waals surface area contributed by atoms with Crippen LogP contribution >= 0.6 is 0 Å². The molecule has 0 aliphatic heterocycles. The van der Waals surface area contributed by atoms with Crippen LogP contribution in [0, 0.1) is 0 Å². The molecule has 0 rings (SSSR count). The van der Waals surface area contributed by atoms with Gasteiger partial charge in [-0.2, -0.15) is 0 Å². The van der Waals surface area contributed by atoms with Gasteiger partial charge in [0.1, 0.15) is 0 Å². The molecule has 0 saturated heterocycles. The van der Waals surface area contributed by atoms with Crippen molar-refractivity contribution >= 4 is 10.8 Å². The highest BCUT2D eigenvalue weighted by molar-refractivity contribution is 7.84. The van der Waals surface area contributed by atoms with Crippen LogP contribution in [0.25, 0.3) is 0 Å². The van der Waals surface area contributed by atoms with Crippen molar-refractivity contribution in [1.29, 1.82) is 0 Å². The lowest BCUT2D eigenvalue weighted by Gasteiger charge is -2.10. The van der Waals surface area contributed by atoms with Crippen molar-refractivity contribution in [2.75, 3.05) is 59.5 Å². The quantitative estimate of drug-likeness (QED) is 0.505. The van der Waals surface area contributed by atoms with Gasteiger partial charge >= 0.3 is 0 Å². The minimum absolute atomic E-state index is 0.187. The zero-order valence-electron chi connectivity index (χ0n) is 11.1. The summed E-state index contributed by atoms with van der Waals surface area (Å²) in [6.45, 7) is 6.58. The van der Waals surface area contributed by atoms with E-state index in [4.69, 9.17) is 14.2 Å². The van der Waals surface area contributed by atoms with Crippen LogP contribution in [-0.4, -0.2) is 68.9 Å². The molecule has 6 heteroatoms. The molecule has 0 aromatic heterocycles. The van der Waals surface area contributed by atoms with E-state index < -0.39 is 10.8 Å². The molecule has 0 amide bonds. The van der Waals surface area contributed by atoms with E-state index in [0.717, 1.165) is 13.1 Å². The summed E-state index contributed by atoms with van der Waals surface area (Å²) in [7, 11) is 0.890. The highest BCUT2D eigenvalue weighted by Gasteiger charge is 2.03. The fourth-order valence-electron chi connectivity index (χ4n) is 1.03. The Kier molecular flexibility index (Phi) is 12.4. The maximum Gasteiger partial charge on any atom is 0.0701 e. The Morgan fingerprint density at radius 2 is 1.71 bits per heavy atom. The van der Waals surface area contributed by atoms with E-state index in [0.29, 0.717) is 33.0 Å². The third-order valence-corrected chi connectivity index (χ3v) is 3.53. The molecular weight excluding hydrogens is 242 g/mol. The first-order valence-electron chi connectivity index (χ1n) is 5.85. The molecule has 0 fully saturated rings. The summed E-state index contributed by atoms with van der Waals surface area (Å²) >= 11 is 0. The second kappa shape index (κ2) is 12.4. The highest BCUT2D eigenvalue weighted by atomic mass is 32.2. The first kappa shape index (κ1) is 17.0. The first-order chi connectivity index (χ1) is 8.18. The molecule has 2 atom stereocenters. The van der Waals surface area contributed by atoms with E-state index in [1.54, 1.807) is 13.4 Å². The van der Waals surface area contributed by atoms with E-state index in [1.165, 1.54) is 0 Å². The molecule has 0 spiro atoms. The smallest absolute Gasteiger partial charge is 0.0701 e. The van der Waals surface area contributed by atoms with Gasteiger partial charge in [0.2, 0.25) is 0 Å². The Morgan fingerprint density at radius 3 is 2.29 bits per heavy atom. The molecule has 17 heavy (non-hydrogen) atoms. The van der Waals surface area contributed by atoms with Crippen molar-refractivity contribution in [2.45, 2.75) is 12.2 Å². The van der Waals surface area contributed by atoms with Gasteiger partial charge in [0.25, 0.3) is 0 Å². The molecule has 0 radical (unpaired) electrons. The van der Waals surface area contributed by atoms with Crippen LogP contribution in [0.5, 0.6) is 0 Å². The molecule has 1 N–H and O–H groups in total. The Hall–Kier alpha value is -0.0100. The molecule has 0 aromatic rings. The molecular formula is C11H25NO4S. The summed E-state index contributed by atoms with van der Waals surface area (Å²) in [6.07, 6.45) is 1.72. The van der Waals surface area contributed by atoms with Gasteiger partial charge in [0, 0.05) is 42.5 Å². The summed E-state index contributed by atoms with van der Waals surface area (Å²) in [4.78, 5) is 0. The Morgan fingerprint density at radius 1 is 1.12 bits per heavy atom. The summed E-state index contributed by atoms with van der Waals surface area (Å²) in [5.41, 5.74) is 0. The normalized spacial score (nSPS) is 14.8. The second-order valence-electron chi connectivity index (χ2n) is 3.73. The average molecular weight is 267 g/mol. The number of ether oxygens (including phenoxy) is 3. The topological polar surface area (TPSA) is 56.8 Å². The fourth-order valence-corrected chi connectivity index (χ4v) is 1.38. The van der Waals surface area contributed by atoms with E-state index in [-0.39, 0.29) is 5.25 Å². The fraction of sp³-hybridized carbons (Fsp3) is 1.00. The average Bonchev–Trinajstić information content (AvgIpc) is 2.31. The summed E-state index contributed by atoms with van der Waals surface area (Å²) in [5, 5.41) is 3.39. The first-order valence-corrected chi connectivity index (χ1v) is 7.48. The van der Waals surface area contributed by atoms with Gasteiger partial charge in [-0.15, -0.1) is 0 Å². The van der Waals surface area contributed by atoms with E-state index in [2.05, 4.69) is 5.32 Å². The van der Waals surface area contributed by atoms with Gasteiger partial charge in [-0.3, -0.25) is 4.21 Å². The molecule has 104 valence electrons. The predicted octanol–water partition coefficient (Wildman–Crippen LogP) is 0.0226. The van der Waals surface area contributed by atoms with Crippen LogP contribution in [0.3, 0.4) is 0 Å². The van der Waals surface area contributed by atoms with Crippen molar-refractivity contribution < 1.29 is 18.4 Å².